The average Bonchev–Trinajstić information content (AvgIpc) is 2.83. The molecule has 0 aliphatic carbocycles. The summed E-state index contributed by atoms with van der Waals surface area (Å²) < 4.78 is 13.9. The summed E-state index contributed by atoms with van der Waals surface area (Å²) in [6, 6.07) is 9.77. The molecule has 1 amide bonds. The monoisotopic (exact) mass is 301 g/mol. The Morgan fingerprint density at radius 3 is 2.95 bits per heavy atom. The van der Waals surface area contributed by atoms with Gasteiger partial charge in [0.05, 0.1) is 10.4 Å². The first kappa shape index (κ1) is 13.5. The van der Waals surface area contributed by atoms with Crippen LogP contribution in [0, 0.1) is 5.82 Å². The first-order valence-corrected chi connectivity index (χ1v) is 7.12. The van der Waals surface area contributed by atoms with E-state index in [0.717, 1.165) is 4.70 Å². The molecule has 106 valence electrons. The van der Waals surface area contributed by atoms with Gasteiger partial charge in [-0.3, -0.25) is 9.78 Å². The van der Waals surface area contributed by atoms with Gasteiger partial charge in [-0.25, -0.2) is 4.39 Å². The van der Waals surface area contributed by atoms with E-state index < -0.39 is 0 Å². The Morgan fingerprint density at radius 1 is 1.33 bits per heavy atom. The Labute approximate surface area is 124 Å². The molecule has 2 heterocycles. The third-order valence-electron chi connectivity index (χ3n) is 3.03. The van der Waals surface area contributed by atoms with Crippen molar-refractivity contribution in [2.75, 3.05) is 5.73 Å². The molecule has 0 radical (unpaired) electrons. The molecule has 0 saturated heterocycles. The van der Waals surface area contributed by atoms with Crippen molar-refractivity contribution < 1.29 is 9.18 Å². The molecule has 0 unspecified atom stereocenters. The van der Waals surface area contributed by atoms with Crippen LogP contribution in [0.3, 0.4) is 0 Å². The number of fused-ring (bicyclic) bond motifs is 1. The lowest BCUT2D eigenvalue weighted by molar-refractivity contribution is 0.0955. The smallest absolute Gasteiger partial charge is 0.263 e. The zero-order valence-electron chi connectivity index (χ0n) is 11.0. The number of anilines is 1. The Bertz CT molecular complexity index is 816. The van der Waals surface area contributed by atoms with Gasteiger partial charge in [-0.1, -0.05) is 12.1 Å². The van der Waals surface area contributed by atoms with E-state index in [1.165, 1.54) is 23.5 Å². The van der Waals surface area contributed by atoms with E-state index >= 15 is 0 Å². The number of nitrogen functional groups attached to an aromatic ring is 1. The van der Waals surface area contributed by atoms with E-state index in [2.05, 4.69) is 10.3 Å². The van der Waals surface area contributed by atoms with E-state index in [9.17, 15) is 9.18 Å². The summed E-state index contributed by atoms with van der Waals surface area (Å²) in [5.74, 6) is -0.605. The van der Waals surface area contributed by atoms with Crippen molar-refractivity contribution >= 4 is 33.1 Å². The molecular formula is C15H12FN3OS. The normalized spacial score (nSPS) is 10.7. The van der Waals surface area contributed by atoms with E-state index in [-0.39, 0.29) is 18.3 Å². The topological polar surface area (TPSA) is 68.0 Å². The third-order valence-corrected chi connectivity index (χ3v) is 4.19. The summed E-state index contributed by atoms with van der Waals surface area (Å²) in [7, 11) is 0. The van der Waals surface area contributed by atoms with Crippen molar-refractivity contribution in [3.63, 3.8) is 0 Å². The minimum atomic E-state index is -0.327. The van der Waals surface area contributed by atoms with Crippen molar-refractivity contribution in [2.45, 2.75) is 6.54 Å². The molecule has 0 aliphatic rings. The molecule has 0 aliphatic heterocycles. The quantitative estimate of drug-likeness (QED) is 0.781. The number of aromatic nitrogens is 1. The van der Waals surface area contributed by atoms with E-state index in [1.54, 1.807) is 24.4 Å². The highest BCUT2D eigenvalue weighted by molar-refractivity contribution is 7.21. The van der Waals surface area contributed by atoms with Gasteiger partial charge < -0.3 is 11.1 Å². The molecule has 0 saturated carbocycles. The number of nitrogens with zero attached hydrogens (tertiary/aromatic N) is 1. The van der Waals surface area contributed by atoms with Crippen molar-refractivity contribution in [1.82, 2.24) is 10.3 Å². The first-order valence-electron chi connectivity index (χ1n) is 6.31. The molecule has 3 N–H and O–H groups in total. The summed E-state index contributed by atoms with van der Waals surface area (Å²) >= 11 is 1.30. The Hall–Kier alpha value is -2.47. The number of rotatable bonds is 3. The van der Waals surface area contributed by atoms with Crippen molar-refractivity contribution in [1.29, 1.82) is 0 Å². The van der Waals surface area contributed by atoms with Crippen LogP contribution < -0.4 is 11.1 Å². The van der Waals surface area contributed by atoms with Gasteiger partial charge >= 0.3 is 0 Å². The summed E-state index contributed by atoms with van der Waals surface area (Å²) in [4.78, 5) is 16.8. The number of nitrogens with one attached hydrogen (secondary N) is 1. The van der Waals surface area contributed by atoms with Gasteiger partial charge in [-0.2, -0.15) is 0 Å². The number of hydrogen-bond donors (Lipinski definition) is 2. The molecule has 3 rings (SSSR count). The van der Waals surface area contributed by atoms with Crippen molar-refractivity contribution in [2.24, 2.45) is 0 Å². The van der Waals surface area contributed by atoms with Gasteiger partial charge in [-0.15, -0.1) is 11.3 Å². The number of amides is 1. The standard InChI is InChI=1S/C15H12FN3OS/c16-10-4-1-3-9(7-10)8-19-15(20)14-12(17)13-11(21-14)5-2-6-18-13/h1-7H,8,17H2,(H,19,20). The minimum Gasteiger partial charge on any atom is -0.396 e. The maximum absolute atomic E-state index is 13.1. The van der Waals surface area contributed by atoms with Crippen molar-refractivity contribution in [3.8, 4) is 0 Å². The average molecular weight is 301 g/mol. The number of pyridine rings is 1. The highest BCUT2D eigenvalue weighted by Gasteiger charge is 2.16. The van der Waals surface area contributed by atoms with E-state index in [1.807, 2.05) is 6.07 Å². The van der Waals surface area contributed by atoms with Gasteiger partial charge in [0, 0.05) is 12.7 Å². The number of carbonyl (C=O) groups excluding carboxylic acids is 1. The Kier molecular flexibility index (Phi) is 3.53. The summed E-state index contributed by atoms with van der Waals surface area (Å²) in [6.07, 6.45) is 1.64. The van der Waals surface area contributed by atoms with Gasteiger partial charge in [0.15, 0.2) is 0 Å². The molecule has 0 bridgehead atoms. The van der Waals surface area contributed by atoms with Crippen LogP contribution in [0.2, 0.25) is 0 Å². The highest BCUT2D eigenvalue weighted by Crippen LogP contribution is 2.31. The fraction of sp³-hybridized carbons (Fsp3) is 0.0667. The molecule has 0 fully saturated rings. The van der Waals surface area contributed by atoms with Gasteiger partial charge in [0.1, 0.15) is 16.2 Å². The highest BCUT2D eigenvalue weighted by atomic mass is 32.1. The lowest BCUT2D eigenvalue weighted by Gasteiger charge is -2.04. The summed E-state index contributed by atoms with van der Waals surface area (Å²) in [6.45, 7) is 0.248. The molecule has 2 aromatic heterocycles. The molecule has 1 aromatic carbocycles. The third kappa shape index (κ3) is 2.71. The van der Waals surface area contributed by atoms with Crippen molar-refractivity contribution in [3.05, 3.63) is 58.9 Å². The minimum absolute atomic E-state index is 0.248. The Morgan fingerprint density at radius 2 is 2.19 bits per heavy atom. The number of halogens is 1. The SMILES string of the molecule is Nc1c(C(=O)NCc2cccc(F)c2)sc2cccnc12. The predicted molar refractivity (Wildman–Crippen MR) is 81.6 cm³/mol. The molecule has 0 atom stereocenters. The lowest BCUT2D eigenvalue weighted by atomic mass is 10.2. The molecule has 0 spiro atoms. The molecule has 3 aromatic rings. The largest absolute Gasteiger partial charge is 0.396 e. The van der Waals surface area contributed by atoms with E-state index in [0.29, 0.717) is 21.6 Å². The lowest BCUT2D eigenvalue weighted by Crippen LogP contribution is -2.22. The number of thiophene rings is 1. The second-order valence-electron chi connectivity index (χ2n) is 4.51. The van der Waals surface area contributed by atoms with Crippen LogP contribution in [0.25, 0.3) is 10.2 Å². The van der Waals surface area contributed by atoms with Crippen LogP contribution in [-0.4, -0.2) is 10.9 Å². The maximum atomic E-state index is 13.1. The fourth-order valence-electron chi connectivity index (χ4n) is 2.03. The fourth-order valence-corrected chi connectivity index (χ4v) is 3.02. The molecular weight excluding hydrogens is 289 g/mol. The molecule has 4 nitrogen and oxygen atoms in total. The van der Waals surface area contributed by atoms with Crippen LogP contribution in [0.1, 0.15) is 15.2 Å². The van der Waals surface area contributed by atoms with Gasteiger partial charge in [-0.05, 0) is 29.8 Å². The maximum Gasteiger partial charge on any atom is 0.263 e. The molecule has 6 heteroatoms. The van der Waals surface area contributed by atoms with Crippen LogP contribution >= 0.6 is 11.3 Å². The number of nitrogens with two attached hydrogens (primary N) is 1. The van der Waals surface area contributed by atoms with Crippen LogP contribution in [0.15, 0.2) is 42.6 Å². The van der Waals surface area contributed by atoms with Crippen LogP contribution in [-0.2, 0) is 6.54 Å². The van der Waals surface area contributed by atoms with Crippen LogP contribution in [0.5, 0.6) is 0 Å². The summed E-state index contributed by atoms with van der Waals surface area (Å²) in [5, 5.41) is 2.74. The number of carbonyl (C=O) groups is 1. The summed E-state index contributed by atoms with van der Waals surface area (Å²) in [5.41, 5.74) is 7.67. The second-order valence-corrected chi connectivity index (χ2v) is 5.56. The molecule has 21 heavy (non-hydrogen) atoms. The predicted octanol–water partition coefficient (Wildman–Crippen LogP) is 2.95. The first-order chi connectivity index (χ1) is 10.1. The van der Waals surface area contributed by atoms with E-state index in [4.69, 9.17) is 5.73 Å². The second kappa shape index (κ2) is 5.49. The van der Waals surface area contributed by atoms with Gasteiger partial charge in [0.2, 0.25) is 0 Å². The Balaban J connectivity index is 1.79. The number of hydrogen-bond acceptors (Lipinski definition) is 4. The van der Waals surface area contributed by atoms with Gasteiger partial charge in [0.25, 0.3) is 5.91 Å². The zero-order valence-corrected chi connectivity index (χ0v) is 11.8. The zero-order chi connectivity index (χ0) is 14.8. The number of benzene rings is 1. The van der Waals surface area contributed by atoms with Crippen LogP contribution in [0.4, 0.5) is 10.1 Å².